The third kappa shape index (κ3) is 4.45. The number of ketones is 2. The molecular formula is C32H45F3N2O4S. The lowest BCUT2D eigenvalue weighted by Gasteiger charge is -2.72. The van der Waals surface area contributed by atoms with Crippen molar-refractivity contribution in [3.05, 3.63) is 11.6 Å². The number of nitriles is 1. The molecule has 1 unspecified atom stereocenters. The number of nitrogens with one attached hydrogen (secondary N) is 1. The molecule has 42 heavy (non-hydrogen) atoms. The maximum atomic E-state index is 14.5. The van der Waals surface area contributed by atoms with Gasteiger partial charge in [-0.1, -0.05) is 54.5 Å². The highest BCUT2D eigenvalue weighted by Crippen LogP contribution is 2.74. The summed E-state index contributed by atoms with van der Waals surface area (Å²) in [5, 5.41) is 9.89. The standard InChI is InChI=1S/C32H45F3N2O4S/c1-26(2)10-12-31(37-42(40,41)18-32(33,34)35)13-11-30(7)24(20(31)16-26)21(38)14-23-28(5)15-19(17-36)25(39)27(3,4)22(28)8-9-29(23,30)6/h15,20,22-24,37H,8-14,16,18H2,1-7H3/t20-,22-,23?,24-,28-,29+,30+,31-/m0/s1. The minimum absolute atomic E-state index is 0.0326. The lowest BCUT2D eigenvalue weighted by Crippen LogP contribution is -2.72. The van der Waals surface area contributed by atoms with Crippen LogP contribution in [0.4, 0.5) is 13.2 Å². The molecule has 8 atom stereocenters. The van der Waals surface area contributed by atoms with Gasteiger partial charge in [0.25, 0.3) is 0 Å². The normalized spacial score (nSPS) is 44.5. The minimum Gasteiger partial charge on any atom is -0.299 e. The zero-order valence-corrected chi connectivity index (χ0v) is 26.7. The molecule has 5 rings (SSSR count). The fraction of sp³-hybridized carbons (Fsp3) is 0.844. The minimum atomic E-state index is -4.87. The summed E-state index contributed by atoms with van der Waals surface area (Å²) in [6.07, 6.45) is 1.24. The average molecular weight is 611 g/mol. The summed E-state index contributed by atoms with van der Waals surface area (Å²) in [6.45, 7) is 14.5. The first-order chi connectivity index (χ1) is 19.0. The lowest BCUT2D eigenvalue weighted by atomic mass is 9.32. The highest BCUT2D eigenvalue weighted by molar-refractivity contribution is 7.89. The molecule has 5 aliphatic rings. The van der Waals surface area contributed by atoms with Gasteiger partial charge in [-0.05, 0) is 84.4 Å². The van der Waals surface area contributed by atoms with E-state index in [0.717, 1.165) is 12.8 Å². The molecule has 1 N–H and O–H groups in total. The predicted octanol–water partition coefficient (Wildman–Crippen LogP) is 6.52. The van der Waals surface area contributed by atoms with Crippen molar-refractivity contribution in [2.75, 3.05) is 5.75 Å². The number of hydrogen-bond acceptors (Lipinski definition) is 5. The Morgan fingerprint density at radius 1 is 0.952 bits per heavy atom. The fourth-order valence-electron chi connectivity index (χ4n) is 11.0. The maximum Gasteiger partial charge on any atom is 0.404 e. The first-order valence-corrected chi connectivity index (χ1v) is 16.9. The van der Waals surface area contributed by atoms with Crippen LogP contribution in [0.3, 0.4) is 0 Å². The van der Waals surface area contributed by atoms with Crippen molar-refractivity contribution in [1.82, 2.24) is 4.72 Å². The van der Waals surface area contributed by atoms with Crippen molar-refractivity contribution in [1.29, 1.82) is 5.26 Å². The smallest absolute Gasteiger partial charge is 0.299 e. The van der Waals surface area contributed by atoms with E-state index in [2.05, 4.69) is 45.4 Å². The molecule has 10 heteroatoms. The number of sulfonamides is 1. The van der Waals surface area contributed by atoms with Crippen molar-refractivity contribution in [3.63, 3.8) is 0 Å². The van der Waals surface area contributed by atoms with Crippen molar-refractivity contribution < 1.29 is 31.2 Å². The van der Waals surface area contributed by atoms with E-state index in [9.17, 15) is 36.4 Å². The van der Waals surface area contributed by atoms with E-state index in [1.807, 2.05) is 19.9 Å². The number of halogens is 3. The van der Waals surface area contributed by atoms with Gasteiger partial charge in [-0.3, -0.25) is 9.59 Å². The molecule has 0 aromatic heterocycles. The largest absolute Gasteiger partial charge is 0.404 e. The molecular weight excluding hydrogens is 565 g/mol. The summed E-state index contributed by atoms with van der Waals surface area (Å²) in [5.74, 6) is -3.14. The Morgan fingerprint density at radius 3 is 2.17 bits per heavy atom. The number of carbonyl (C=O) groups is 2. The molecule has 0 aromatic carbocycles. The molecule has 4 fully saturated rings. The number of rotatable bonds is 3. The van der Waals surface area contributed by atoms with Gasteiger partial charge in [-0.2, -0.15) is 18.4 Å². The van der Waals surface area contributed by atoms with E-state index in [1.165, 1.54) is 0 Å². The second kappa shape index (κ2) is 9.15. The molecule has 0 heterocycles. The van der Waals surface area contributed by atoms with E-state index < -0.39 is 55.6 Å². The number of alkyl halides is 3. The molecule has 0 aromatic rings. The van der Waals surface area contributed by atoms with Gasteiger partial charge in [0.05, 0.1) is 5.57 Å². The van der Waals surface area contributed by atoms with Crippen LogP contribution in [0.5, 0.6) is 0 Å². The van der Waals surface area contributed by atoms with Crippen LogP contribution in [-0.4, -0.2) is 37.5 Å². The molecule has 6 nitrogen and oxygen atoms in total. The monoisotopic (exact) mass is 610 g/mol. The lowest BCUT2D eigenvalue weighted by molar-refractivity contribution is -0.214. The Morgan fingerprint density at radius 2 is 1.57 bits per heavy atom. The van der Waals surface area contributed by atoms with Crippen LogP contribution >= 0.6 is 0 Å². The second-order valence-corrected chi connectivity index (χ2v) is 18.0. The van der Waals surface area contributed by atoms with Gasteiger partial charge < -0.3 is 0 Å². The van der Waals surface area contributed by atoms with Gasteiger partial charge in [0.2, 0.25) is 10.0 Å². The Bertz CT molecular complexity index is 1390. The van der Waals surface area contributed by atoms with E-state index in [0.29, 0.717) is 32.1 Å². The first-order valence-electron chi connectivity index (χ1n) is 15.3. The zero-order valence-electron chi connectivity index (χ0n) is 25.9. The van der Waals surface area contributed by atoms with Crippen LogP contribution in [0.25, 0.3) is 0 Å². The van der Waals surface area contributed by atoms with Gasteiger partial charge >= 0.3 is 6.18 Å². The SMILES string of the molecule is CC1(C)CC[C@]2(NS(=O)(=O)CC(F)(F)F)CC[C@]3(C)[C@H](C(=O)CC4[C@@]5(C)C=C(C#N)C(=O)C(C)(C)[C@@H]5CC[C@]43C)[C@@H]2C1. The van der Waals surface area contributed by atoms with Crippen LogP contribution in [0, 0.1) is 62.1 Å². The number of fused-ring (bicyclic) bond motifs is 7. The van der Waals surface area contributed by atoms with Crippen LogP contribution in [0.15, 0.2) is 11.6 Å². The van der Waals surface area contributed by atoms with Gasteiger partial charge in [-0.25, -0.2) is 13.1 Å². The Hall–Kier alpha value is -1.73. The van der Waals surface area contributed by atoms with Gasteiger partial charge in [0, 0.05) is 23.3 Å². The molecule has 234 valence electrons. The second-order valence-electron chi connectivity index (χ2n) is 16.3. The van der Waals surface area contributed by atoms with Crippen molar-refractivity contribution in [2.24, 2.45) is 50.7 Å². The summed E-state index contributed by atoms with van der Waals surface area (Å²) in [7, 11) is -4.68. The molecule has 0 radical (unpaired) electrons. The maximum absolute atomic E-state index is 14.5. The molecule has 4 saturated carbocycles. The summed E-state index contributed by atoms with van der Waals surface area (Å²) < 4.78 is 68.2. The number of carbonyl (C=O) groups excluding carboxylic acids is 2. The number of Topliss-reactive ketones (excluding diaryl/α,β-unsaturated/α-hetero) is 2. The summed E-state index contributed by atoms with van der Waals surface area (Å²) in [4.78, 5) is 27.8. The molecule has 5 aliphatic carbocycles. The molecule has 0 saturated heterocycles. The van der Waals surface area contributed by atoms with Gasteiger partial charge in [-0.15, -0.1) is 0 Å². The Labute approximate surface area is 248 Å². The third-order valence-corrected chi connectivity index (χ3v) is 14.6. The first kappa shape index (κ1) is 31.7. The summed E-state index contributed by atoms with van der Waals surface area (Å²) in [6, 6.07) is 2.12. The van der Waals surface area contributed by atoms with E-state index >= 15 is 0 Å². The topological polar surface area (TPSA) is 104 Å². The quantitative estimate of drug-likeness (QED) is 0.392. The highest BCUT2D eigenvalue weighted by atomic mass is 32.2. The Kier molecular flexibility index (Phi) is 6.91. The van der Waals surface area contributed by atoms with Crippen LogP contribution in [-0.2, 0) is 19.6 Å². The van der Waals surface area contributed by atoms with E-state index in [1.54, 1.807) is 0 Å². The third-order valence-electron chi connectivity index (χ3n) is 13.2. The van der Waals surface area contributed by atoms with Crippen molar-refractivity contribution in [2.45, 2.75) is 112 Å². The number of allylic oxidation sites excluding steroid dienone is 2. The predicted molar refractivity (Wildman–Crippen MR) is 152 cm³/mol. The number of hydrogen-bond donors (Lipinski definition) is 1. The molecule has 0 bridgehead atoms. The number of nitrogens with zero attached hydrogens (tertiary/aromatic N) is 1. The van der Waals surface area contributed by atoms with Gasteiger partial charge in [0.15, 0.2) is 11.5 Å². The molecule has 0 aliphatic heterocycles. The van der Waals surface area contributed by atoms with Crippen LogP contribution in [0.1, 0.15) is 99.8 Å². The van der Waals surface area contributed by atoms with Crippen molar-refractivity contribution >= 4 is 21.6 Å². The van der Waals surface area contributed by atoms with Crippen molar-refractivity contribution in [3.8, 4) is 6.07 Å². The molecule has 0 amide bonds. The highest BCUT2D eigenvalue weighted by Gasteiger charge is 2.72. The van der Waals surface area contributed by atoms with Crippen LogP contribution < -0.4 is 4.72 Å². The summed E-state index contributed by atoms with van der Waals surface area (Å²) >= 11 is 0. The van der Waals surface area contributed by atoms with E-state index in [-0.39, 0.29) is 46.2 Å². The fourth-order valence-corrected chi connectivity index (χ4v) is 12.5. The Balaban J connectivity index is 1.60. The summed E-state index contributed by atoms with van der Waals surface area (Å²) in [5.41, 5.74) is -3.33. The molecule has 0 spiro atoms. The van der Waals surface area contributed by atoms with Crippen LogP contribution in [0.2, 0.25) is 0 Å². The zero-order chi connectivity index (χ0) is 31.5. The van der Waals surface area contributed by atoms with E-state index in [4.69, 9.17) is 0 Å². The average Bonchev–Trinajstić information content (AvgIpc) is 2.82. The van der Waals surface area contributed by atoms with Gasteiger partial charge in [0.1, 0.15) is 11.9 Å².